The number of fused-ring (bicyclic) bond motifs is 1. The minimum absolute atomic E-state index is 0.202. The van der Waals surface area contributed by atoms with Gasteiger partial charge in [0.2, 0.25) is 5.13 Å². The number of rotatable bonds is 5. The standard InChI is InChI=1S/C15H9Br2N5OS3/c16-7-5-10(25-12(7)17)13(23)20-14-21-22-15(26-14)24-6-11-18-8-3-1-2-4-9(8)19-11/h1-5H,6H2,(H,18,19)(H,20,21,23). The molecule has 3 aromatic heterocycles. The summed E-state index contributed by atoms with van der Waals surface area (Å²) in [5.41, 5.74) is 1.96. The molecule has 11 heteroatoms. The van der Waals surface area contributed by atoms with Gasteiger partial charge in [-0.2, -0.15) is 0 Å². The number of H-pyrrole nitrogens is 1. The van der Waals surface area contributed by atoms with Gasteiger partial charge in [-0.05, 0) is 50.1 Å². The van der Waals surface area contributed by atoms with Crippen molar-refractivity contribution in [3.63, 3.8) is 0 Å². The number of thioether (sulfide) groups is 1. The van der Waals surface area contributed by atoms with Crippen molar-refractivity contribution in [2.24, 2.45) is 0 Å². The summed E-state index contributed by atoms with van der Waals surface area (Å²) in [6.07, 6.45) is 0. The molecule has 0 fully saturated rings. The minimum Gasteiger partial charge on any atom is -0.341 e. The highest BCUT2D eigenvalue weighted by Crippen LogP contribution is 2.33. The number of thiophene rings is 1. The van der Waals surface area contributed by atoms with E-state index in [1.807, 2.05) is 24.3 Å². The molecule has 0 aliphatic rings. The van der Waals surface area contributed by atoms with Crippen molar-refractivity contribution in [3.05, 3.63) is 49.3 Å². The molecule has 26 heavy (non-hydrogen) atoms. The third kappa shape index (κ3) is 4.01. The molecule has 0 bridgehead atoms. The Morgan fingerprint density at radius 2 is 2.08 bits per heavy atom. The summed E-state index contributed by atoms with van der Waals surface area (Å²) >= 11 is 11.0. The van der Waals surface area contributed by atoms with Crippen LogP contribution in [-0.2, 0) is 5.75 Å². The number of imidazole rings is 1. The van der Waals surface area contributed by atoms with Gasteiger partial charge in [0.1, 0.15) is 5.82 Å². The molecule has 4 aromatic rings. The number of aromatic nitrogens is 4. The number of halogens is 2. The molecule has 0 saturated heterocycles. The van der Waals surface area contributed by atoms with E-state index in [1.165, 1.54) is 34.4 Å². The van der Waals surface area contributed by atoms with Gasteiger partial charge in [-0.1, -0.05) is 35.2 Å². The highest BCUT2D eigenvalue weighted by Gasteiger charge is 2.15. The number of nitrogens with one attached hydrogen (secondary N) is 2. The summed E-state index contributed by atoms with van der Waals surface area (Å²) in [4.78, 5) is 20.7. The van der Waals surface area contributed by atoms with Crippen molar-refractivity contribution < 1.29 is 4.79 Å². The number of carbonyl (C=O) groups excluding carboxylic acids is 1. The summed E-state index contributed by atoms with van der Waals surface area (Å²) < 4.78 is 2.50. The molecule has 0 saturated carbocycles. The van der Waals surface area contributed by atoms with E-state index in [-0.39, 0.29) is 5.91 Å². The number of amides is 1. The van der Waals surface area contributed by atoms with E-state index < -0.39 is 0 Å². The van der Waals surface area contributed by atoms with Crippen molar-refractivity contribution >= 4 is 88.4 Å². The number of hydrogen-bond acceptors (Lipinski definition) is 7. The maximum absolute atomic E-state index is 12.2. The lowest BCUT2D eigenvalue weighted by Gasteiger charge is -1.96. The first-order valence-electron chi connectivity index (χ1n) is 7.24. The number of para-hydroxylation sites is 2. The van der Waals surface area contributed by atoms with Crippen molar-refractivity contribution in [1.82, 2.24) is 20.2 Å². The van der Waals surface area contributed by atoms with Gasteiger partial charge in [0.15, 0.2) is 4.34 Å². The number of hydrogen-bond donors (Lipinski definition) is 2. The molecule has 0 atom stereocenters. The fraction of sp³-hybridized carbons (Fsp3) is 0.0667. The zero-order chi connectivity index (χ0) is 18.1. The fourth-order valence-electron chi connectivity index (χ4n) is 2.14. The van der Waals surface area contributed by atoms with E-state index in [0.717, 1.165) is 29.5 Å². The normalized spacial score (nSPS) is 11.2. The number of nitrogens with zero attached hydrogens (tertiary/aromatic N) is 3. The molecule has 6 nitrogen and oxygen atoms in total. The molecule has 132 valence electrons. The van der Waals surface area contributed by atoms with Gasteiger partial charge in [-0.15, -0.1) is 21.5 Å². The zero-order valence-electron chi connectivity index (χ0n) is 12.8. The average molecular weight is 531 g/mol. The first-order valence-corrected chi connectivity index (χ1v) is 11.4. The Labute approximate surface area is 177 Å². The van der Waals surface area contributed by atoms with Crippen molar-refractivity contribution in [1.29, 1.82) is 0 Å². The van der Waals surface area contributed by atoms with E-state index in [9.17, 15) is 4.79 Å². The lowest BCUT2D eigenvalue weighted by Crippen LogP contribution is -2.09. The van der Waals surface area contributed by atoms with Crippen LogP contribution in [0.5, 0.6) is 0 Å². The quantitative estimate of drug-likeness (QED) is 0.261. The minimum atomic E-state index is -0.202. The van der Waals surface area contributed by atoms with E-state index in [0.29, 0.717) is 15.8 Å². The van der Waals surface area contributed by atoms with Crippen LogP contribution < -0.4 is 5.32 Å². The highest BCUT2D eigenvalue weighted by molar-refractivity contribution is 9.13. The first kappa shape index (κ1) is 18.1. The summed E-state index contributed by atoms with van der Waals surface area (Å²) in [7, 11) is 0. The highest BCUT2D eigenvalue weighted by atomic mass is 79.9. The van der Waals surface area contributed by atoms with E-state index in [4.69, 9.17) is 0 Å². The second-order valence-electron chi connectivity index (χ2n) is 5.05. The summed E-state index contributed by atoms with van der Waals surface area (Å²) in [5.74, 6) is 1.33. The fourth-order valence-corrected chi connectivity index (χ4v) is 5.69. The molecule has 0 unspecified atom stereocenters. The van der Waals surface area contributed by atoms with E-state index in [2.05, 4.69) is 57.3 Å². The van der Waals surface area contributed by atoms with Crippen LogP contribution in [0.3, 0.4) is 0 Å². The maximum atomic E-state index is 12.2. The monoisotopic (exact) mass is 529 g/mol. The lowest BCUT2D eigenvalue weighted by molar-refractivity contribution is 0.103. The Morgan fingerprint density at radius 1 is 1.23 bits per heavy atom. The van der Waals surface area contributed by atoms with Crippen LogP contribution in [0.4, 0.5) is 5.13 Å². The van der Waals surface area contributed by atoms with Gasteiger partial charge in [-0.25, -0.2) is 4.98 Å². The first-order chi connectivity index (χ1) is 12.6. The molecule has 1 amide bonds. The van der Waals surface area contributed by atoms with Gasteiger partial charge >= 0.3 is 0 Å². The average Bonchev–Trinajstić information content (AvgIpc) is 3.32. The summed E-state index contributed by atoms with van der Waals surface area (Å²) in [6, 6.07) is 9.67. The van der Waals surface area contributed by atoms with Crippen molar-refractivity contribution in [2.75, 3.05) is 5.32 Å². The topological polar surface area (TPSA) is 83.6 Å². The van der Waals surface area contributed by atoms with Crippen LogP contribution in [0.25, 0.3) is 11.0 Å². The molecule has 0 aliphatic heterocycles. The van der Waals surface area contributed by atoms with E-state index in [1.54, 1.807) is 6.07 Å². The number of benzene rings is 1. The van der Waals surface area contributed by atoms with Crippen LogP contribution in [0.2, 0.25) is 0 Å². The van der Waals surface area contributed by atoms with Crippen LogP contribution in [0.15, 0.2) is 42.9 Å². The predicted molar refractivity (Wildman–Crippen MR) is 113 cm³/mol. The molecule has 0 aliphatic carbocycles. The van der Waals surface area contributed by atoms with Crippen LogP contribution in [0.1, 0.15) is 15.5 Å². The molecule has 2 N–H and O–H groups in total. The molecule has 1 aromatic carbocycles. The Balaban J connectivity index is 1.39. The van der Waals surface area contributed by atoms with Crippen LogP contribution in [0, 0.1) is 0 Å². The van der Waals surface area contributed by atoms with Crippen molar-refractivity contribution in [3.8, 4) is 0 Å². The third-order valence-corrected chi connectivity index (χ3v) is 8.50. The molecule has 4 rings (SSSR count). The van der Waals surface area contributed by atoms with Gasteiger partial charge in [-0.3, -0.25) is 10.1 Å². The Kier molecular flexibility index (Phi) is 5.41. The second kappa shape index (κ2) is 7.77. The maximum Gasteiger partial charge on any atom is 0.267 e. The lowest BCUT2D eigenvalue weighted by atomic mass is 10.3. The Morgan fingerprint density at radius 3 is 2.85 bits per heavy atom. The zero-order valence-corrected chi connectivity index (χ0v) is 18.4. The van der Waals surface area contributed by atoms with E-state index >= 15 is 0 Å². The van der Waals surface area contributed by atoms with Crippen LogP contribution >= 0.6 is 66.3 Å². The SMILES string of the molecule is O=C(Nc1nnc(SCc2nc3ccccc3[nH]2)s1)c1cc(Br)c(Br)s1. The number of carbonyl (C=O) groups is 1. The van der Waals surface area contributed by atoms with Gasteiger partial charge in [0.25, 0.3) is 5.91 Å². The third-order valence-electron chi connectivity index (χ3n) is 3.27. The predicted octanol–water partition coefficient (Wildman–Crippen LogP) is 5.55. The molecule has 0 radical (unpaired) electrons. The van der Waals surface area contributed by atoms with Gasteiger partial charge < -0.3 is 4.98 Å². The Hall–Kier alpha value is -1.27. The molecular formula is C15H9Br2N5OS3. The molecular weight excluding hydrogens is 522 g/mol. The summed E-state index contributed by atoms with van der Waals surface area (Å²) in [5, 5.41) is 11.4. The smallest absolute Gasteiger partial charge is 0.267 e. The second-order valence-corrected chi connectivity index (χ2v) is 10.5. The largest absolute Gasteiger partial charge is 0.341 e. The van der Waals surface area contributed by atoms with Crippen LogP contribution in [-0.4, -0.2) is 26.1 Å². The molecule has 0 spiro atoms. The number of aromatic amines is 1. The number of anilines is 1. The van der Waals surface area contributed by atoms with Gasteiger partial charge in [0, 0.05) is 4.47 Å². The Bertz CT molecular complexity index is 1040. The summed E-state index contributed by atoms with van der Waals surface area (Å²) in [6.45, 7) is 0. The molecule has 3 heterocycles. The van der Waals surface area contributed by atoms with Gasteiger partial charge in [0.05, 0.1) is 25.4 Å². The van der Waals surface area contributed by atoms with Crippen molar-refractivity contribution in [2.45, 2.75) is 10.1 Å².